The molecule has 5 nitrogen and oxygen atoms in total. The topological polar surface area (TPSA) is 58.2 Å². The van der Waals surface area contributed by atoms with Gasteiger partial charge in [0, 0.05) is 24.8 Å². The lowest BCUT2D eigenvalue weighted by Crippen LogP contribution is -2.32. The molecule has 3 aromatic rings. The molecule has 0 spiro atoms. The van der Waals surface area contributed by atoms with Crippen LogP contribution in [0.3, 0.4) is 0 Å². The first-order valence-corrected chi connectivity index (χ1v) is 8.39. The van der Waals surface area contributed by atoms with Crippen LogP contribution in [0, 0.1) is 5.82 Å². The number of H-pyrrole nitrogens is 1. The summed E-state index contributed by atoms with van der Waals surface area (Å²) in [6.45, 7) is 0.809. The van der Waals surface area contributed by atoms with E-state index in [4.69, 9.17) is 4.74 Å². The zero-order valence-corrected chi connectivity index (χ0v) is 14.3. The minimum absolute atomic E-state index is 0.152. The van der Waals surface area contributed by atoms with Crippen molar-refractivity contribution in [3.8, 4) is 11.3 Å². The number of amides is 1. The number of aromatic nitrogens is 2. The molecule has 0 saturated heterocycles. The summed E-state index contributed by atoms with van der Waals surface area (Å²) in [4.78, 5) is 14.6. The molecule has 0 fully saturated rings. The number of methoxy groups -OCH3 is 1. The number of halogens is 1. The first-order chi connectivity index (χ1) is 12.7. The second-order valence-corrected chi connectivity index (χ2v) is 6.18. The number of nitrogens with one attached hydrogen (secondary N) is 1. The molecule has 1 atom stereocenters. The number of hydrogen-bond donors (Lipinski definition) is 1. The van der Waals surface area contributed by atoms with Crippen molar-refractivity contribution in [1.29, 1.82) is 0 Å². The number of nitrogens with zero attached hydrogens (tertiary/aromatic N) is 2. The average molecular weight is 351 g/mol. The van der Waals surface area contributed by atoms with Crippen molar-refractivity contribution >= 4 is 5.91 Å². The van der Waals surface area contributed by atoms with E-state index >= 15 is 0 Å². The Hall–Kier alpha value is -2.99. The largest absolute Gasteiger partial charge is 0.383 e. The van der Waals surface area contributed by atoms with Gasteiger partial charge in [-0.1, -0.05) is 42.5 Å². The fraction of sp³-hybridized carbons (Fsp3) is 0.200. The highest BCUT2D eigenvalue weighted by Gasteiger charge is 2.41. The molecule has 1 amide bonds. The van der Waals surface area contributed by atoms with Crippen LogP contribution in [-0.2, 0) is 4.74 Å². The van der Waals surface area contributed by atoms with Gasteiger partial charge >= 0.3 is 0 Å². The summed E-state index contributed by atoms with van der Waals surface area (Å²) in [5.41, 5.74) is 3.57. The van der Waals surface area contributed by atoms with Crippen molar-refractivity contribution in [2.24, 2.45) is 0 Å². The highest BCUT2D eigenvalue weighted by molar-refractivity contribution is 6.00. The summed E-state index contributed by atoms with van der Waals surface area (Å²) in [5, 5.41) is 7.25. The van der Waals surface area contributed by atoms with Gasteiger partial charge in [0.15, 0.2) is 0 Å². The molecule has 1 aliphatic rings. The summed E-state index contributed by atoms with van der Waals surface area (Å²) < 4.78 is 19.0. The van der Waals surface area contributed by atoms with Gasteiger partial charge in [-0.15, -0.1) is 0 Å². The molecular formula is C20H18FN3O2. The van der Waals surface area contributed by atoms with Crippen molar-refractivity contribution in [1.82, 2.24) is 15.1 Å². The number of rotatable bonds is 5. The van der Waals surface area contributed by atoms with Gasteiger partial charge in [-0.05, 0) is 17.7 Å². The molecule has 26 heavy (non-hydrogen) atoms. The van der Waals surface area contributed by atoms with Crippen molar-refractivity contribution in [2.45, 2.75) is 6.04 Å². The number of benzene rings is 2. The lowest BCUT2D eigenvalue weighted by molar-refractivity contribution is 0.0677. The van der Waals surface area contributed by atoms with Gasteiger partial charge in [-0.3, -0.25) is 9.89 Å². The van der Waals surface area contributed by atoms with Gasteiger partial charge in [0.2, 0.25) is 0 Å². The third-order valence-corrected chi connectivity index (χ3v) is 4.61. The van der Waals surface area contributed by atoms with Crippen LogP contribution in [0.25, 0.3) is 11.3 Å². The van der Waals surface area contributed by atoms with Gasteiger partial charge in [-0.25, -0.2) is 4.39 Å². The van der Waals surface area contributed by atoms with Gasteiger partial charge in [0.1, 0.15) is 11.5 Å². The molecule has 1 unspecified atom stereocenters. The van der Waals surface area contributed by atoms with Crippen LogP contribution in [0.2, 0.25) is 0 Å². The number of aromatic amines is 1. The maximum absolute atomic E-state index is 13.9. The minimum Gasteiger partial charge on any atom is -0.383 e. The molecular weight excluding hydrogens is 333 g/mol. The Bertz CT molecular complexity index is 939. The maximum atomic E-state index is 13.9. The summed E-state index contributed by atoms with van der Waals surface area (Å²) in [6.07, 6.45) is 0. The minimum atomic E-state index is -0.405. The van der Waals surface area contributed by atoms with Crippen molar-refractivity contribution in [2.75, 3.05) is 20.3 Å². The molecule has 2 heterocycles. The third kappa shape index (κ3) is 2.68. The Morgan fingerprint density at radius 3 is 2.73 bits per heavy atom. The lowest BCUT2D eigenvalue weighted by atomic mass is 9.96. The first kappa shape index (κ1) is 16.5. The monoisotopic (exact) mass is 351 g/mol. The Morgan fingerprint density at radius 1 is 1.19 bits per heavy atom. The smallest absolute Gasteiger partial charge is 0.273 e. The quantitative estimate of drug-likeness (QED) is 0.766. The van der Waals surface area contributed by atoms with Gasteiger partial charge < -0.3 is 9.64 Å². The molecule has 0 radical (unpaired) electrons. The number of ether oxygens (including phenoxy) is 1. The number of carbonyl (C=O) groups is 1. The predicted molar refractivity (Wildman–Crippen MR) is 95.2 cm³/mol. The highest BCUT2D eigenvalue weighted by atomic mass is 19.1. The Balaban J connectivity index is 1.87. The zero-order valence-electron chi connectivity index (χ0n) is 14.3. The third-order valence-electron chi connectivity index (χ3n) is 4.61. The molecule has 0 aliphatic carbocycles. The van der Waals surface area contributed by atoms with E-state index in [0.717, 1.165) is 11.1 Å². The molecule has 1 N–H and O–H groups in total. The number of fused-ring (bicyclic) bond motifs is 1. The van der Waals surface area contributed by atoms with E-state index in [2.05, 4.69) is 10.2 Å². The van der Waals surface area contributed by atoms with E-state index in [1.54, 1.807) is 18.1 Å². The van der Waals surface area contributed by atoms with E-state index in [-0.39, 0.29) is 11.7 Å². The second kappa shape index (κ2) is 6.72. The molecule has 4 rings (SSSR count). The zero-order chi connectivity index (χ0) is 18.1. The SMILES string of the molecule is COCCN1C(=O)c2[nH]nc(-c3ccccc3)c2C1c1cccc(F)c1. The van der Waals surface area contributed by atoms with Gasteiger partial charge in [0.25, 0.3) is 5.91 Å². The molecule has 0 saturated carbocycles. The fourth-order valence-corrected chi connectivity index (χ4v) is 3.46. The molecule has 6 heteroatoms. The average Bonchev–Trinajstić information content (AvgIpc) is 3.20. The molecule has 0 bridgehead atoms. The standard InChI is InChI=1S/C20H18FN3O2/c1-26-11-10-24-19(14-8-5-9-15(21)12-14)16-17(13-6-3-2-4-7-13)22-23-18(16)20(24)25/h2-9,12,19H,10-11H2,1H3,(H,22,23). The van der Waals surface area contributed by atoms with Crippen LogP contribution in [0.1, 0.15) is 27.7 Å². The van der Waals surface area contributed by atoms with Gasteiger partial charge in [-0.2, -0.15) is 5.10 Å². The highest BCUT2D eigenvalue weighted by Crippen LogP contribution is 2.42. The van der Waals surface area contributed by atoms with Crippen molar-refractivity contribution < 1.29 is 13.9 Å². The summed E-state index contributed by atoms with van der Waals surface area (Å²) >= 11 is 0. The molecule has 1 aliphatic heterocycles. The molecule has 2 aromatic carbocycles. The number of carbonyl (C=O) groups excluding carboxylic acids is 1. The van der Waals surface area contributed by atoms with E-state index in [1.165, 1.54) is 12.1 Å². The fourth-order valence-electron chi connectivity index (χ4n) is 3.46. The maximum Gasteiger partial charge on any atom is 0.273 e. The van der Waals surface area contributed by atoms with Crippen molar-refractivity contribution in [3.05, 3.63) is 77.2 Å². The molecule has 1 aromatic heterocycles. The predicted octanol–water partition coefficient (Wildman–Crippen LogP) is 3.41. The number of hydrogen-bond acceptors (Lipinski definition) is 3. The molecule has 132 valence electrons. The summed E-state index contributed by atoms with van der Waals surface area (Å²) in [7, 11) is 1.59. The van der Waals surface area contributed by atoms with Crippen molar-refractivity contribution in [3.63, 3.8) is 0 Å². The van der Waals surface area contributed by atoms with E-state index in [1.807, 2.05) is 36.4 Å². The van der Waals surface area contributed by atoms with Crippen LogP contribution in [-0.4, -0.2) is 41.3 Å². The Kier molecular flexibility index (Phi) is 4.26. The normalized spacial score (nSPS) is 16.2. The van der Waals surface area contributed by atoms with E-state index < -0.39 is 6.04 Å². The Morgan fingerprint density at radius 2 is 2.00 bits per heavy atom. The van der Waals surface area contributed by atoms with Crippen LogP contribution in [0.5, 0.6) is 0 Å². The summed E-state index contributed by atoms with van der Waals surface area (Å²) in [5.74, 6) is -0.485. The lowest BCUT2D eigenvalue weighted by Gasteiger charge is -2.26. The second-order valence-electron chi connectivity index (χ2n) is 6.18. The summed E-state index contributed by atoms with van der Waals surface area (Å²) in [6, 6.07) is 15.6. The van der Waals surface area contributed by atoms with Crippen LogP contribution in [0.4, 0.5) is 4.39 Å². The Labute approximate surface area is 150 Å². The van der Waals surface area contributed by atoms with Crippen LogP contribution in [0.15, 0.2) is 54.6 Å². The van der Waals surface area contributed by atoms with E-state index in [0.29, 0.717) is 30.1 Å². The van der Waals surface area contributed by atoms with Crippen LogP contribution >= 0.6 is 0 Å². The van der Waals surface area contributed by atoms with Gasteiger partial charge in [0.05, 0.1) is 18.3 Å². The van der Waals surface area contributed by atoms with Crippen LogP contribution < -0.4 is 0 Å². The van der Waals surface area contributed by atoms with E-state index in [9.17, 15) is 9.18 Å². The first-order valence-electron chi connectivity index (χ1n) is 8.39.